The molecule has 5 rings (SSSR count). The molecule has 2 aromatic heterocycles. The molecule has 0 aliphatic heterocycles. The fourth-order valence-electron chi connectivity index (χ4n) is 4.18. The average Bonchev–Trinajstić information content (AvgIpc) is 3.50. The Morgan fingerprint density at radius 3 is 2.42 bits per heavy atom. The van der Waals surface area contributed by atoms with Gasteiger partial charge in [-0.2, -0.15) is 0 Å². The summed E-state index contributed by atoms with van der Waals surface area (Å²) in [4.78, 5) is 12.1. The van der Waals surface area contributed by atoms with Crippen LogP contribution in [-0.2, 0) is 11.3 Å². The molecule has 0 spiro atoms. The number of carbonyl (C=O) groups is 1. The highest BCUT2D eigenvalue weighted by Crippen LogP contribution is 2.34. The average molecular weight is 502 g/mol. The molecule has 0 radical (unpaired) electrons. The van der Waals surface area contributed by atoms with E-state index in [0.29, 0.717) is 17.1 Å². The fraction of sp³-hybridized carbons (Fsp3) is 0.148. The third-order valence-corrected chi connectivity index (χ3v) is 6.68. The minimum Gasteiger partial charge on any atom is -0.497 e. The lowest BCUT2D eigenvalue weighted by molar-refractivity contribution is -0.131. The number of aliphatic carboxylic acids is 1. The van der Waals surface area contributed by atoms with Crippen molar-refractivity contribution in [2.45, 2.75) is 18.7 Å². The number of carboxylic acid groups (broad SMARTS) is 1. The van der Waals surface area contributed by atoms with E-state index in [2.05, 4.69) is 33.8 Å². The maximum absolute atomic E-state index is 12.1. The number of hydrogen-bond acceptors (Lipinski definition) is 7. The van der Waals surface area contributed by atoms with Crippen LogP contribution in [0.15, 0.2) is 75.2 Å². The van der Waals surface area contributed by atoms with Crippen molar-refractivity contribution in [1.29, 1.82) is 0 Å². The summed E-state index contributed by atoms with van der Waals surface area (Å²) in [7, 11) is 3.10. The van der Waals surface area contributed by atoms with E-state index in [1.165, 1.54) is 0 Å². The highest BCUT2D eigenvalue weighted by Gasteiger charge is 2.18. The van der Waals surface area contributed by atoms with E-state index in [9.17, 15) is 9.90 Å². The molecule has 0 fully saturated rings. The molecular weight excluding hydrogens is 478 g/mol. The van der Waals surface area contributed by atoms with Gasteiger partial charge in [-0.15, -0.1) is 10.2 Å². The Morgan fingerprint density at radius 2 is 1.72 bits per heavy atom. The maximum atomic E-state index is 12.1. The van der Waals surface area contributed by atoms with Crippen LogP contribution in [0.5, 0.6) is 11.5 Å². The third-order valence-electron chi connectivity index (χ3n) is 5.82. The van der Waals surface area contributed by atoms with Crippen LogP contribution in [0.1, 0.15) is 12.5 Å². The van der Waals surface area contributed by atoms with Gasteiger partial charge in [0.1, 0.15) is 16.4 Å². The lowest BCUT2D eigenvalue weighted by Crippen LogP contribution is -1.97. The van der Waals surface area contributed by atoms with Crippen LogP contribution >= 0.6 is 11.8 Å². The Kier molecular flexibility index (Phi) is 6.39. The van der Waals surface area contributed by atoms with Crippen molar-refractivity contribution < 1.29 is 23.8 Å². The Balaban J connectivity index is 1.48. The van der Waals surface area contributed by atoms with Crippen molar-refractivity contribution in [2.75, 3.05) is 14.2 Å². The highest BCUT2D eigenvalue weighted by molar-refractivity contribution is 8.03. The maximum Gasteiger partial charge on any atom is 0.342 e. The van der Waals surface area contributed by atoms with Gasteiger partial charge in [0.2, 0.25) is 5.89 Å². The van der Waals surface area contributed by atoms with Gasteiger partial charge in [-0.1, -0.05) is 24.3 Å². The largest absolute Gasteiger partial charge is 0.497 e. The summed E-state index contributed by atoms with van der Waals surface area (Å²) in [6, 6.07) is 19.4. The number of hydrogen-bond donors (Lipinski definition) is 1. The number of nitrogens with zero attached hydrogens (tertiary/aromatic N) is 3. The van der Waals surface area contributed by atoms with E-state index in [4.69, 9.17) is 13.9 Å². The SMILES string of the molecule is CCn1c2ccccc2c2cc(/C=C(\Sc3nnc(-c4cc(OC)cc(OC)c4)o3)C(=O)O)ccc21. The summed E-state index contributed by atoms with van der Waals surface area (Å²) >= 11 is 0.899. The predicted molar refractivity (Wildman–Crippen MR) is 139 cm³/mol. The smallest absolute Gasteiger partial charge is 0.342 e. The van der Waals surface area contributed by atoms with Crippen LogP contribution in [-0.4, -0.2) is 40.1 Å². The molecule has 182 valence electrons. The van der Waals surface area contributed by atoms with E-state index in [1.807, 2.05) is 30.3 Å². The molecule has 0 unspecified atom stereocenters. The Morgan fingerprint density at radius 1 is 1.00 bits per heavy atom. The van der Waals surface area contributed by atoms with E-state index in [0.717, 1.165) is 45.7 Å². The number of ether oxygens (including phenoxy) is 2. The number of aromatic nitrogens is 3. The van der Waals surface area contributed by atoms with Crippen LogP contribution in [0.4, 0.5) is 0 Å². The third kappa shape index (κ3) is 4.40. The molecule has 5 aromatic rings. The summed E-state index contributed by atoms with van der Waals surface area (Å²) in [5, 5.41) is 20.3. The molecule has 1 N–H and O–H groups in total. The number of benzene rings is 3. The minimum absolute atomic E-state index is 0.0620. The standard InChI is InChI=1S/C27H23N3O5S/c1-4-30-22-8-6-5-7-20(22)21-11-16(9-10-23(21)30)12-24(26(31)32)36-27-29-28-25(35-27)17-13-18(33-2)15-19(14-17)34-3/h5-15H,4H2,1-3H3,(H,31,32)/b24-12-. The first kappa shape index (κ1) is 23.5. The van der Waals surface area contributed by atoms with Crippen molar-refractivity contribution in [3.63, 3.8) is 0 Å². The molecule has 0 aliphatic carbocycles. The number of para-hydroxylation sites is 1. The van der Waals surface area contributed by atoms with Gasteiger partial charge < -0.3 is 23.6 Å². The first-order valence-electron chi connectivity index (χ1n) is 11.2. The van der Waals surface area contributed by atoms with Gasteiger partial charge in [-0.05, 0) is 60.7 Å². The van der Waals surface area contributed by atoms with Crippen LogP contribution < -0.4 is 9.47 Å². The van der Waals surface area contributed by atoms with Crippen LogP contribution in [0.2, 0.25) is 0 Å². The van der Waals surface area contributed by atoms with Gasteiger partial charge in [0.15, 0.2) is 0 Å². The number of fused-ring (bicyclic) bond motifs is 3. The van der Waals surface area contributed by atoms with Crippen molar-refractivity contribution in [2.24, 2.45) is 0 Å². The van der Waals surface area contributed by atoms with E-state index in [-0.39, 0.29) is 16.0 Å². The lowest BCUT2D eigenvalue weighted by atomic mass is 10.1. The van der Waals surface area contributed by atoms with Crippen molar-refractivity contribution in [3.8, 4) is 23.0 Å². The fourth-order valence-corrected chi connectivity index (χ4v) is 4.85. The van der Waals surface area contributed by atoms with Crippen LogP contribution in [0.3, 0.4) is 0 Å². The molecule has 36 heavy (non-hydrogen) atoms. The quantitative estimate of drug-likeness (QED) is 0.201. The van der Waals surface area contributed by atoms with Crippen molar-refractivity contribution in [1.82, 2.24) is 14.8 Å². The van der Waals surface area contributed by atoms with Gasteiger partial charge in [-0.25, -0.2) is 4.79 Å². The molecule has 0 aliphatic rings. The number of carboxylic acids is 1. The monoisotopic (exact) mass is 501 g/mol. The molecule has 0 amide bonds. The Labute approximate surface area is 211 Å². The van der Waals surface area contributed by atoms with Gasteiger partial charge in [0.05, 0.1) is 14.2 Å². The number of methoxy groups -OCH3 is 2. The summed E-state index contributed by atoms with van der Waals surface area (Å²) < 4.78 is 18.6. The molecule has 8 nitrogen and oxygen atoms in total. The second-order valence-corrected chi connectivity index (χ2v) is 8.92. The lowest BCUT2D eigenvalue weighted by Gasteiger charge is -2.05. The molecule has 3 aromatic carbocycles. The van der Waals surface area contributed by atoms with Gasteiger partial charge in [0, 0.05) is 40.0 Å². The minimum atomic E-state index is -1.08. The Hall–Kier alpha value is -4.24. The molecule has 2 heterocycles. The van der Waals surface area contributed by atoms with E-state index >= 15 is 0 Å². The molecule has 0 atom stereocenters. The van der Waals surface area contributed by atoms with Crippen molar-refractivity contribution >= 4 is 45.6 Å². The van der Waals surface area contributed by atoms with Crippen molar-refractivity contribution in [3.05, 3.63) is 71.1 Å². The molecule has 0 saturated heterocycles. The normalized spacial score (nSPS) is 11.8. The van der Waals surface area contributed by atoms with E-state index < -0.39 is 5.97 Å². The second kappa shape index (κ2) is 9.79. The summed E-state index contributed by atoms with van der Waals surface area (Å²) in [5.41, 5.74) is 3.63. The zero-order valence-corrected chi connectivity index (χ0v) is 20.7. The number of aryl methyl sites for hydroxylation is 1. The number of thioether (sulfide) groups is 1. The van der Waals surface area contributed by atoms with Gasteiger partial charge in [0.25, 0.3) is 5.22 Å². The zero-order chi connectivity index (χ0) is 25.2. The molecule has 9 heteroatoms. The van der Waals surface area contributed by atoms with E-state index in [1.54, 1.807) is 38.5 Å². The second-order valence-electron chi connectivity index (χ2n) is 7.93. The first-order chi connectivity index (χ1) is 17.5. The zero-order valence-electron chi connectivity index (χ0n) is 19.9. The number of rotatable bonds is 8. The van der Waals surface area contributed by atoms with Gasteiger partial charge in [-0.3, -0.25) is 0 Å². The van der Waals surface area contributed by atoms with Crippen LogP contribution in [0, 0.1) is 0 Å². The summed E-state index contributed by atoms with van der Waals surface area (Å²) in [6.45, 7) is 2.95. The van der Waals surface area contributed by atoms with Crippen LogP contribution in [0.25, 0.3) is 39.3 Å². The molecule has 0 bridgehead atoms. The summed E-state index contributed by atoms with van der Waals surface area (Å²) in [6.07, 6.45) is 1.61. The van der Waals surface area contributed by atoms with Gasteiger partial charge >= 0.3 is 5.97 Å². The predicted octanol–water partition coefficient (Wildman–Crippen LogP) is 6.10. The Bertz CT molecular complexity index is 1600. The highest BCUT2D eigenvalue weighted by atomic mass is 32.2. The first-order valence-corrected chi connectivity index (χ1v) is 12.0. The summed E-state index contributed by atoms with van der Waals surface area (Å²) in [5.74, 6) is 0.289. The topological polar surface area (TPSA) is 99.6 Å². The molecular formula is C27H23N3O5S. The molecule has 0 saturated carbocycles.